The van der Waals surface area contributed by atoms with Crippen molar-refractivity contribution in [1.29, 1.82) is 0 Å². The van der Waals surface area contributed by atoms with E-state index >= 15 is 0 Å². The number of rotatable bonds is 3. The summed E-state index contributed by atoms with van der Waals surface area (Å²) in [6.45, 7) is 0. The number of hydrogen-bond donors (Lipinski definition) is 1. The molecule has 2 fully saturated rings. The molecule has 98 valence electrons. The maximum Gasteiger partial charge on any atom is 0.152 e. The zero-order valence-electron chi connectivity index (χ0n) is 10.9. The van der Waals surface area contributed by atoms with Gasteiger partial charge in [0, 0.05) is 24.3 Å². The van der Waals surface area contributed by atoms with E-state index in [-0.39, 0.29) is 0 Å². The summed E-state index contributed by atoms with van der Waals surface area (Å²) in [4.78, 5) is 4.37. The lowest BCUT2D eigenvalue weighted by molar-refractivity contribution is 0.384. The molecule has 1 N–H and O–H groups in total. The van der Waals surface area contributed by atoms with Crippen molar-refractivity contribution in [2.24, 2.45) is 5.92 Å². The number of furan rings is 1. The molecule has 0 aromatic carbocycles. The maximum atomic E-state index is 5.37. The Morgan fingerprint density at radius 2 is 2.42 bits per heavy atom. The van der Waals surface area contributed by atoms with Crippen LogP contribution < -0.4 is 5.32 Å². The first-order valence-electron chi connectivity index (χ1n) is 7.14. The van der Waals surface area contributed by atoms with Crippen LogP contribution in [0, 0.1) is 5.92 Å². The van der Waals surface area contributed by atoms with E-state index in [4.69, 9.17) is 4.42 Å². The minimum absolute atomic E-state index is 0.690. The van der Waals surface area contributed by atoms with Gasteiger partial charge in [-0.3, -0.25) is 4.98 Å². The third kappa shape index (κ3) is 2.08. The van der Waals surface area contributed by atoms with Crippen molar-refractivity contribution in [3.63, 3.8) is 0 Å². The molecule has 2 aliphatic rings. The van der Waals surface area contributed by atoms with Gasteiger partial charge in [0.1, 0.15) is 5.52 Å². The summed E-state index contributed by atoms with van der Waals surface area (Å²) < 4.78 is 5.37. The lowest BCUT2D eigenvalue weighted by Gasteiger charge is -2.21. The number of piperidine rings is 1. The van der Waals surface area contributed by atoms with Crippen LogP contribution in [0.4, 0.5) is 0 Å². The second-order valence-corrected chi connectivity index (χ2v) is 5.75. The highest BCUT2D eigenvalue weighted by molar-refractivity contribution is 5.74. The molecular weight excluding hydrogens is 236 g/mol. The van der Waals surface area contributed by atoms with Crippen molar-refractivity contribution in [2.45, 2.75) is 37.8 Å². The Kier molecular flexibility index (Phi) is 2.66. The summed E-state index contributed by atoms with van der Waals surface area (Å²) >= 11 is 0. The summed E-state index contributed by atoms with van der Waals surface area (Å²) in [5, 5.41) is 3.72. The van der Waals surface area contributed by atoms with Gasteiger partial charge in [-0.2, -0.15) is 0 Å². The van der Waals surface area contributed by atoms with Crippen molar-refractivity contribution >= 4 is 17.2 Å². The van der Waals surface area contributed by atoms with Gasteiger partial charge in [0.2, 0.25) is 0 Å². The largest absolute Gasteiger partial charge is 0.463 e. The smallest absolute Gasteiger partial charge is 0.152 e. The monoisotopic (exact) mass is 254 g/mol. The molecule has 0 amide bonds. The number of fused-ring (bicyclic) bond motifs is 3. The van der Waals surface area contributed by atoms with Gasteiger partial charge >= 0.3 is 0 Å². The first-order valence-corrected chi connectivity index (χ1v) is 7.14. The molecule has 1 aliphatic heterocycles. The van der Waals surface area contributed by atoms with Crippen molar-refractivity contribution in [1.82, 2.24) is 10.3 Å². The zero-order chi connectivity index (χ0) is 12.7. The zero-order valence-corrected chi connectivity index (χ0v) is 10.9. The van der Waals surface area contributed by atoms with E-state index in [9.17, 15) is 0 Å². The Balaban J connectivity index is 1.44. The fourth-order valence-corrected chi connectivity index (χ4v) is 3.54. The third-order valence-corrected chi connectivity index (χ3v) is 4.52. The van der Waals surface area contributed by atoms with Crippen molar-refractivity contribution in [3.05, 3.63) is 36.2 Å². The van der Waals surface area contributed by atoms with Crippen molar-refractivity contribution in [2.75, 3.05) is 0 Å². The van der Waals surface area contributed by atoms with Gasteiger partial charge in [0.05, 0.1) is 6.26 Å². The van der Waals surface area contributed by atoms with Gasteiger partial charge < -0.3 is 9.73 Å². The molecule has 0 radical (unpaired) electrons. The molecule has 2 aromatic rings. The van der Waals surface area contributed by atoms with Gasteiger partial charge in [-0.25, -0.2) is 0 Å². The number of aromatic nitrogens is 1. The standard InChI is InChI=1S/C16H18N2O/c1(3-14-12-4-5-13(9-12)18-14)2-11-8-16-15(17-10-11)6-7-19-16/h1-2,6-8,10,12-14,18H,3-5,9H2. The summed E-state index contributed by atoms with van der Waals surface area (Å²) in [5.74, 6) is 0.903. The molecule has 19 heavy (non-hydrogen) atoms. The van der Waals surface area contributed by atoms with E-state index in [0.29, 0.717) is 6.04 Å². The van der Waals surface area contributed by atoms with Crippen LogP contribution >= 0.6 is 0 Å². The quantitative estimate of drug-likeness (QED) is 0.912. The number of pyridine rings is 1. The lowest BCUT2D eigenvalue weighted by Crippen LogP contribution is -2.34. The van der Waals surface area contributed by atoms with Crippen molar-refractivity contribution < 1.29 is 4.42 Å². The third-order valence-electron chi connectivity index (χ3n) is 4.52. The highest BCUT2D eigenvalue weighted by atomic mass is 16.3. The predicted octanol–water partition coefficient (Wildman–Crippen LogP) is 3.37. The highest BCUT2D eigenvalue weighted by Crippen LogP contribution is 2.36. The van der Waals surface area contributed by atoms with Crippen LogP contribution in [0.5, 0.6) is 0 Å². The topological polar surface area (TPSA) is 38.1 Å². The minimum Gasteiger partial charge on any atom is -0.463 e. The summed E-state index contributed by atoms with van der Waals surface area (Å²) in [6.07, 6.45) is 13.3. The van der Waals surface area contributed by atoms with E-state index in [1.165, 1.54) is 19.3 Å². The molecule has 3 heteroatoms. The molecular formula is C16H18N2O. The van der Waals surface area contributed by atoms with Crippen molar-refractivity contribution in [3.8, 4) is 0 Å². The highest BCUT2D eigenvalue weighted by Gasteiger charge is 2.37. The van der Waals surface area contributed by atoms with Crippen LogP contribution in [0.25, 0.3) is 17.2 Å². The van der Waals surface area contributed by atoms with E-state index in [0.717, 1.165) is 35.0 Å². The molecule has 3 unspecified atom stereocenters. The first-order chi connectivity index (χ1) is 9.38. The second-order valence-electron chi connectivity index (χ2n) is 5.75. The predicted molar refractivity (Wildman–Crippen MR) is 75.7 cm³/mol. The minimum atomic E-state index is 0.690. The SMILES string of the molecule is C(=Cc1cnc2ccoc2c1)CC1NC2CCC1C2. The first kappa shape index (κ1) is 11.2. The number of hydrogen-bond acceptors (Lipinski definition) is 3. The van der Waals surface area contributed by atoms with Gasteiger partial charge in [-0.05, 0) is 43.2 Å². The van der Waals surface area contributed by atoms with E-state index in [1.54, 1.807) is 6.26 Å². The average Bonchev–Trinajstić information content (AvgIpc) is 3.14. The number of nitrogens with zero attached hydrogens (tertiary/aromatic N) is 1. The lowest BCUT2D eigenvalue weighted by atomic mass is 9.97. The van der Waals surface area contributed by atoms with Gasteiger partial charge in [0.25, 0.3) is 0 Å². The number of nitrogens with one attached hydrogen (secondary N) is 1. The Morgan fingerprint density at radius 3 is 3.26 bits per heavy atom. The van der Waals surface area contributed by atoms with E-state index in [2.05, 4.69) is 22.5 Å². The Labute approximate surface area is 112 Å². The summed E-state index contributed by atoms with van der Waals surface area (Å²) in [5.41, 5.74) is 2.90. The Hall–Kier alpha value is -1.61. The second kappa shape index (κ2) is 4.49. The average molecular weight is 254 g/mol. The van der Waals surface area contributed by atoms with Crippen LogP contribution in [0.15, 0.2) is 35.1 Å². The summed E-state index contributed by atoms with van der Waals surface area (Å²) in [6, 6.07) is 5.43. The van der Waals surface area contributed by atoms with Crippen LogP contribution in [0.1, 0.15) is 31.2 Å². The maximum absolute atomic E-state index is 5.37. The molecule has 1 saturated heterocycles. The van der Waals surface area contributed by atoms with E-state index in [1.807, 2.05) is 18.3 Å². The Morgan fingerprint density at radius 1 is 1.42 bits per heavy atom. The molecule has 3 atom stereocenters. The Bertz CT molecular complexity index is 616. The van der Waals surface area contributed by atoms with Gasteiger partial charge in [0.15, 0.2) is 5.58 Å². The molecule has 0 spiro atoms. The van der Waals surface area contributed by atoms with Gasteiger partial charge in [-0.1, -0.05) is 12.2 Å². The molecule has 3 nitrogen and oxygen atoms in total. The molecule has 1 aliphatic carbocycles. The molecule has 3 heterocycles. The fourth-order valence-electron chi connectivity index (χ4n) is 3.54. The van der Waals surface area contributed by atoms with E-state index < -0.39 is 0 Å². The fraction of sp³-hybridized carbons (Fsp3) is 0.438. The van der Waals surface area contributed by atoms with Crippen LogP contribution in [-0.4, -0.2) is 17.1 Å². The normalized spacial score (nSPS) is 29.8. The molecule has 2 aromatic heterocycles. The molecule has 4 rings (SSSR count). The molecule has 2 bridgehead atoms. The van der Waals surface area contributed by atoms with Crippen LogP contribution in [0.2, 0.25) is 0 Å². The van der Waals surface area contributed by atoms with Crippen LogP contribution in [-0.2, 0) is 0 Å². The molecule has 1 saturated carbocycles. The summed E-state index contributed by atoms with van der Waals surface area (Å²) in [7, 11) is 0. The van der Waals surface area contributed by atoms with Gasteiger partial charge in [-0.15, -0.1) is 0 Å². The van der Waals surface area contributed by atoms with Crippen LogP contribution in [0.3, 0.4) is 0 Å².